The van der Waals surface area contributed by atoms with Crippen LogP contribution in [0.1, 0.15) is 64.2 Å². The van der Waals surface area contributed by atoms with Crippen molar-refractivity contribution in [3.63, 3.8) is 0 Å². The Morgan fingerprint density at radius 1 is 0.913 bits per heavy atom. The van der Waals surface area contributed by atoms with Crippen molar-refractivity contribution in [3.8, 4) is 0 Å². The van der Waals surface area contributed by atoms with Gasteiger partial charge in [-0.05, 0) is 51.0 Å². The van der Waals surface area contributed by atoms with Crippen LogP contribution in [0.2, 0.25) is 0 Å². The minimum absolute atomic E-state index is 0.259. The van der Waals surface area contributed by atoms with E-state index in [0.717, 1.165) is 45.1 Å². The Balaban J connectivity index is 1.55. The summed E-state index contributed by atoms with van der Waals surface area (Å²) in [6, 6.07) is 0.786. The number of carbonyl (C=O) groups excluding carboxylic acids is 1. The van der Waals surface area contributed by atoms with Crippen molar-refractivity contribution in [1.29, 1.82) is 0 Å². The Bertz CT molecular complexity index is 376. The molecule has 0 radical (unpaired) electrons. The van der Waals surface area contributed by atoms with Crippen LogP contribution in [0.25, 0.3) is 0 Å². The maximum absolute atomic E-state index is 12.5. The van der Waals surface area contributed by atoms with Crippen LogP contribution in [-0.2, 0) is 9.53 Å². The molecule has 2 aliphatic heterocycles. The van der Waals surface area contributed by atoms with Crippen molar-refractivity contribution in [2.45, 2.75) is 76.4 Å². The van der Waals surface area contributed by atoms with Crippen molar-refractivity contribution in [1.82, 2.24) is 9.80 Å². The van der Waals surface area contributed by atoms with Crippen LogP contribution in [0.3, 0.4) is 0 Å². The molecule has 1 amide bonds. The zero-order valence-electron chi connectivity index (χ0n) is 14.8. The molecular weight excluding hydrogens is 288 g/mol. The summed E-state index contributed by atoms with van der Waals surface area (Å²) in [7, 11) is 1.83. The third-order valence-corrected chi connectivity index (χ3v) is 6.30. The van der Waals surface area contributed by atoms with Crippen molar-refractivity contribution in [2.24, 2.45) is 5.92 Å². The van der Waals surface area contributed by atoms with Crippen LogP contribution in [0.4, 0.5) is 0 Å². The molecule has 0 aromatic heterocycles. The second kappa shape index (κ2) is 8.48. The lowest BCUT2D eigenvalue weighted by atomic mass is 9.93. The standard InChI is InChI=1S/C19H34N2O2/c1-23-18-10-14-20(17-7-3-2-4-8-17)13-9-16(18)15-19(22)21-11-5-6-12-21/h16-18H,2-15H2,1H3/t16-,18+/m1/s1. The summed E-state index contributed by atoms with van der Waals surface area (Å²) in [5.41, 5.74) is 0. The van der Waals surface area contributed by atoms with E-state index in [4.69, 9.17) is 4.74 Å². The van der Waals surface area contributed by atoms with Gasteiger partial charge in [-0.25, -0.2) is 0 Å². The maximum Gasteiger partial charge on any atom is 0.222 e. The zero-order chi connectivity index (χ0) is 16.1. The first-order valence-electron chi connectivity index (χ1n) is 9.82. The highest BCUT2D eigenvalue weighted by atomic mass is 16.5. The van der Waals surface area contributed by atoms with Crippen molar-refractivity contribution in [2.75, 3.05) is 33.3 Å². The molecule has 3 rings (SSSR count). The van der Waals surface area contributed by atoms with Crippen LogP contribution in [0.15, 0.2) is 0 Å². The largest absolute Gasteiger partial charge is 0.381 e. The molecule has 0 N–H and O–H groups in total. The molecule has 3 aliphatic rings. The number of hydrogen-bond acceptors (Lipinski definition) is 3. The van der Waals surface area contributed by atoms with Gasteiger partial charge in [-0.3, -0.25) is 4.79 Å². The van der Waals surface area contributed by atoms with Gasteiger partial charge in [0.2, 0.25) is 5.91 Å². The van der Waals surface area contributed by atoms with Crippen LogP contribution in [0, 0.1) is 5.92 Å². The van der Waals surface area contributed by atoms with E-state index in [1.807, 2.05) is 7.11 Å². The normalized spacial score (nSPS) is 31.3. The predicted octanol–water partition coefficient (Wildman–Crippen LogP) is 3.06. The summed E-state index contributed by atoms with van der Waals surface area (Å²) < 4.78 is 5.79. The summed E-state index contributed by atoms with van der Waals surface area (Å²) in [5, 5.41) is 0. The van der Waals surface area contributed by atoms with Crippen LogP contribution in [0.5, 0.6) is 0 Å². The number of nitrogens with zero attached hydrogens (tertiary/aromatic N) is 2. The van der Waals surface area contributed by atoms with E-state index in [0.29, 0.717) is 18.2 Å². The number of carbonyl (C=O) groups is 1. The molecule has 3 fully saturated rings. The van der Waals surface area contributed by atoms with E-state index in [9.17, 15) is 4.79 Å². The number of hydrogen-bond donors (Lipinski definition) is 0. The Kier molecular flexibility index (Phi) is 6.35. The number of ether oxygens (including phenoxy) is 1. The predicted molar refractivity (Wildman–Crippen MR) is 92.4 cm³/mol. The molecule has 0 aromatic rings. The molecule has 1 saturated carbocycles. The Hall–Kier alpha value is -0.610. The van der Waals surface area contributed by atoms with E-state index in [1.54, 1.807) is 0 Å². The van der Waals surface area contributed by atoms with Gasteiger partial charge >= 0.3 is 0 Å². The molecule has 2 heterocycles. The first-order chi connectivity index (χ1) is 11.3. The monoisotopic (exact) mass is 322 g/mol. The number of rotatable bonds is 4. The van der Waals surface area contributed by atoms with Gasteiger partial charge in [0.15, 0.2) is 0 Å². The fourth-order valence-corrected chi connectivity index (χ4v) is 4.83. The van der Waals surface area contributed by atoms with E-state index in [-0.39, 0.29) is 6.10 Å². The molecule has 2 atom stereocenters. The van der Waals surface area contributed by atoms with Gasteiger partial charge in [0, 0.05) is 39.2 Å². The minimum atomic E-state index is 0.259. The van der Waals surface area contributed by atoms with Crippen molar-refractivity contribution in [3.05, 3.63) is 0 Å². The van der Waals surface area contributed by atoms with E-state index < -0.39 is 0 Å². The average molecular weight is 322 g/mol. The Morgan fingerprint density at radius 3 is 2.30 bits per heavy atom. The third-order valence-electron chi connectivity index (χ3n) is 6.30. The van der Waals surface area contributed by atoms with Gasteiger partial charge < -0.3 is 14.5 Å². The smallest absolute Gasteiger partial charge is 0.222 e. The van der Waals surface area contributed by atoms with Gasteiger partial charge in [0.05, 0.1) is 6.10 Å². The molecule has 132 valence electrons. The summed E-state index contributed by atoms with van der Waals surface area (Å²) in [5.74, 6) is 0.766. The lowest BCUT2D eigenvalue weighted by molar-refractivity contribution is -0.132. The lowest BCUT2D eigenvalue weighted by Gasteiger charge is -2.33. The molecule has 0 aromatic carbocycles. The van der Waals surface area contributed by atoms with Gasteiger partial charge in [0.1, 0.15) is 0 Å². The lowest BCUT2D eigenvalue weighted by Crippen LogP contribution is -2.37. The number of amides is 1. The molecule has 2 saturated heterocycles. The SMILES string of the molecule is CO[C@H]1CCN(C2CCCCC2)CC[C@@H]1CC(=O)N1CCCC1. The molecule has 1 aliphatic carbocycles. The van der Waals surface area contributed by atoms with E-state index in [2.05, 4.69) is 9.80 Å². The number of likely N-dealkylation sites (tertiary alicyclic amines) is 2. The number of methoxy groups -OCH3 is 1. The summed E-state index contributed by atoms with van der Waals surface area (Å²) >= 11 is 0. The molecule has 4 heteroatoms. The quantitative estimate of drug-likeness (QED) is 0.797. The first-order valence-corrected chi connectivity index (χ1v) is 9.82. The highest BCUT2D eigenvalue weighted by Gasteiger charge is 2.32. The third kappa shape index (κ3) is 4.48. The van der Waals surface area contributed by atoms with E-state index >= 15 is 0 Å². The Morgan fingerprint density at radius 2 is 1.61 bits per heavy atom. The highest BCUT2D eigenvalue weighted by Crippen LogP contribution is 2.29. The topological polar surface area (TPSA) is 32.8 Å². The molecule has 4 nitrogen and oxygen atoms in total. The van der Waals surface area contributed by atoms with Gasteiger partial charge in [-0.2, -0.15) is 0 Å². The second-order valence-electron chi connectivity index (χ2n) is 7.73. The Labute approximate surface area is 141 Å². The minimum Gasteiger partial charge on any atom is -0.381 e. The summed E-state index contributed by atoms with van der Waals surface area (Å²) in [6.45, 7) is 4.24. The van der Waals surface area contributed by atoms with Crippen molar-refractivity contribution >= 4 is 5.91 Å². The molecule has 23 heavy (non-hydrogen) atoms. The fraction of sp³-hybridized carbons (Fsp3) is 0.947. The van der Waals surface area contributed by atoms with Crippen LogP contribution < -0.4 is 0 Å². The van der Waals surface area contributed by atoms with Crippen LogP contribution in [-0.4, -0.2) is 61.1 Å². The highest BCUT2D eigenvalue weighted by molar-refractivity contribution is 5.76. The van der Waals surface area contributed by atoms with Crippen LogP contribution >= 0.6 is 0 Å². The van der Waals surface area contributed by atoms with Crippen molar-refractivity contribution < 1.29 is 9.53 Å². The molecule has 0 spiro atoms. The van der Waals surface area contributed by atoms with E-state index in [1.165, 1.54) is 44.9 Å². The average Bonchev–Trinajstić information content (AvgIpc) is 3.05. The summed E-state index contributed by atoms with van der Waals surface area (Å²) in [4.78, 5) is 17.3. The molecule has 0 unspecified atom stereocenters. The second-order valence-corrected chi connectivity index (χ2v) is 7.73. The molecule has 0 bridgehead atoms. The zero-order valence-corrected chi connectivity index (χ0v) is 14.8. The van der Waals surface area contributed by atoms with Gasteiger partial charge in [0.25, 0.3) is 0 Å². The van der Waals surface area contributed by atoms with Gasteiger partial charge in [-0.1, -0.05) is 19.3 Å². The summed E-state index contributed by atoms with van der Waals surface area (Å²) in [6.07, 6.45) is 12.5. The molecular formula is C19H34N2O2. The fourth-order valence-electron chi connectivity index (χ4n) is 4.83. The van der Waals surface area contributed by atoms with Gasteiger partial charge in [-0.15, -0.1) is 0 Å². The first kappa shape index (κ1) is 17.2. The maximum atomic E-state index is 12.5.